The van der Waals surface area contributed by atoms with Crippen molar-refractivity contribution in [1.29, 1.82) is 0 Å². The Morgan fingerprint density at radius 3 is 2.25 bits per heavy atom. The van der Waals surface area contributed by atoms with Gasteiger partial charge in [-0.3, -0.25) is 4.79 Å². The highest BCUT2D eigenvalue weighted by Gasteiger charge is 2.36. The van der Waals surface area contributed by atoms with Gasteiger partial charge >= 0.3 is 6.01 Å². The van der Waals surface area contributed by atoms with E-state index in [9.17, 15) is 4.79 Å². The van der Waals surface area contributed by atoms with Crippen LogP contribution in [0.2, 0.25) is 0 Å². The highest BCUT2D eigenvalue weighted by atomic mass is 16.5. The lowest BCUT2D eigenvalue weighted by Crippen LogP contribution is -2.35. The van der Waals surface area contributed by atoms with Gasteiger partial charge in [0.05, 0.1) is 20.1 Å². The number of benzene rings is 2. The number of nitrogens with zero attached hydrogens (tertiary/aromatic N) is 3. The summed E-state index contributed by atoms with van der Waals surface area (Å²) in [6.07, 6.45) is 4.33. The van der Waals surface area contributed by atoms with Crippen molar-refractivity contribution in [3.8, 4) is 11.8 Å². The molecule has 36 heavy (non-hydrogen) atoms. The van der Waals surface area contributed by atoms with E-state index in [2.05, 4.69) is 56.8 Å². The SMILES string of the molecule is COc1ccc(CCNC(=O)[C@@H]2CN(C)C[C@H]2c2ccc(CNCc3cnc(OC)nc3)cc2)cc1. The van der Waals surface area contributed by atoms with E-state index in [4.69, 9.17) is 9.47 Å². The van der Waals surface area contributed by atoms with Gasteiger partial charge in [-0.05, 0) is 42.3 Å². The van der Waals surface area contributed by atoms with E-state index in [0.717, 1.165) is 37.4 Å². The third kappa shape index (κ3) is 6.80. The largest absolute Gasteiger partial charge is 0.497 e. The lowest BCUT2D eigenvalue weighted by Gasteiger charge is -2.19. The number of carbonyl (C=O) groups excluding carboxylic acids is 1. The summed E-state index contributed by atoms with van der Waals surface area (Å²) in [5.74, 6) is 1.11. The average molecular weight is 490 g/mol. The van der Waals surface area contributed by atoms with Crippen molar-refractivity contribution in [3.63, 3.8) is 0 Å². The molecule has 1 aliphatic rings. The highest BCUT2D eigenvalue weighted by Crippen LogP contribution is 2.32. The number of hydrogen-bond donors (Lipinski definition) is 2. The second kappa shape index (κ2) is 12.5. The van der Waals surface area contributed by atoms with Gasteiger partial charge < -0.3 is 25.0 Å². The predicted octanol–water partition coefficient (Wildman–Crippen LogP) is 2.79. The fraction of sp³-hybridized carbons (Fsp3) is 0.393. The first-order valence-corrected chi connectivity index (χ1v) is 12.3. The number of methoxy groups -OCH3 is 2. The zero-order valence-electron chi connectivity index (χ0n) is 21.2. The molecule has 3 aromatic rings. The van der Waals surface area contributed by atoms with Crippen LogP contribution >= 0.6 is 0 Å². The third-order valence-electron chi connectivity index (χ3n) is 6.64. The number of hydrogen-bond acceptors (Lipinski definition) is 7. The van der Waals surface area contributed by atoms with E-state index >= 15 is 0 Å². The van der Waals surface area contributed by atoms with E-state index in [1.807, 2.05) is 24.3 Å². The van der Waals surface area contributed by atoms with Crippen molar-refractivity contribution in [2.75, 3.05) is 40.9 Å². The Morgan fingerprint density at radius 1 is 0.917 bits per heavy atom. The first-order valence-electron chi connectivity index (χ1n) is 12.3. The summed E-state index contributed by atoms with van der Waals surface area (Å²) < 4.78 is 10.2. The quantitative estimate of drug-likeness (QED) is 0.428. The van der Waals surface area contributed by atoms with E-state index in [-0.39, 0.29) is 17.7 Å². The molecule has 1 aliphatic heterocycles. The van der Waals surface area contributed by atoms with Crippen LogP contribution in [0.3, 0.4) is 0 Å². The number of likely N-dealkylation sites (tertiary alicyclic amines) is 1. The van der Waals surface area contributed by atoms with Gasteiger partial charge in [0.2, 0.25) is 5.91 Å². The zero-order chi connectivity index (χ0) is 25.3. The van der Waals surface area contributed by atoms with Crippen molar-refractivity contribution in [2.24, 2.45) is 5.92 Å². The molecule has 0 radical (unpaired) electrons. The first kappa shape index (κ1) is 25.6. The number of nitrogens with one attached hydrogen (secondary N) is 2. The standard InChI is InChI=1S/C28H35N5O3/c1-33-18-25(26(19-33)27(34)30-13-12-20-6-10-24(35-2)11-7-20)23-8-4-21(5-9-23)14-29-15-22-16-31-28(36-3)32-17-22/h4-11,16-17,25-26,29H,12-15,18-19H2,1-3H3,(H,30,34)/t25-,26+/m0/s1. The fourth-order valence-corrected chi connectivity index (χ4v) is 4.63. The number of likely N-dealkylation sites (N-methyl/N-ethyl adjacent to an activating group) is 1. The van der Waals surface area contributed by atoms with Crippen LogP contribution in [-0.4, -0.2) is 61.7 Å². The van der Waals surface area contributed by atoms with Crippen molar-refractivity contribution < 1.29 is 14.3 Å². The Bertz CT molecular complexity index is 1100. The molecule has 2 atom stereocenters. The van der Waals surface area contributed by atoms with Crippen molar-refractivity contribution in [2.45, 2.75) is 25.4 Å². The van der Waals surface area contributed by atoms with Crippen LogP contribution in [0.4, 0.5) is 0 Å². The maximum Gasteiger partial charge on any atom is 0.316 e. The molecule has 2 heterocycles. The molecular formula is C28H35N5O3. The Labute approximate surface area is 213 Å². The summed E-state index contributed by atoms with van der Waals surface area (Å²) in [6, 6.07) is 17.0. The van der Waals surface area contributed by atoms with Gasteiger partial charge in [-0.1, -0.05) is 36.4 Å². The summed E-state index contributed by atoms with van der Waals surface area (Å²) in [6.45, 7) is 3.70. The molecule has 1 fully saturated rings. The number of rotatable bonds is 11. The van der Waals surface area contributed by atoms with Crippen LogP contribution in [-0.2, 0) is 24.3 Å². The molecule has 1 amide bonds. The summed E-state index contributed by atoms with van der Waals surface area (Å²) in [5, 5.41) is 6.58. The Balaban J connectivity index is 1.27. The van der Waals surface area contributed by atoms with Crippen LogP contribution in [0, 0.1) is 5.92 Å². The molecule has 0 spiro atoms. The molecule has 0 unspecified atom stereocenters. The third-order valence-corrected chi connectivity index (χ3v) is 6.64. The van der Waals surface area contributed by atoms with Crippen LogP contribution in [0.1, 0.15) is 28.2 Å². The van der Waals surface area contributed by atoms with Gasteiger partial charge in [0.25, 0.3) is 0 Å². The minimum atomic E-state index is -0.0510. The van der Waals surface area contributed by atoms with Crippen molar-refractivity contribution >= 4 is 5.91 Å². The normalized spacial score (nSPS) is 17.6. The van der Waals surface area contributed by atoms with Gasteiger partial charge in [-0.25, -0.2) is 9.97 Å². The predicted molar refractivity (Wildman–Crippen MR) is 139 cm³/mol. The second-order valence-electron chi connectivity index (χ2n) is 9.25. The molecule has 2 N–H and O–H groups in total. The van der Waals surface area contributed by atoms with E-state index < -0.39 is 0 Å². The minimum Gasteiger partial charge on any atom is -0.497 e. The molecule has 4 rings (SSSR count). The maximum absolute atomic E-state index is 13.1. The van der Waals surface area contributed by atoms with Gasteiger partial charge in [0.1, 0.15) is 5.75 Å². The maximum atomic E-state index is 13.1. The van der Waals surface area contributed by atoms with Crippen LogP contribution in [0.5, 0.6) is 11.8 Å². The molecule has 2 aromatic carbocycles. The Kier molecular flexibility index (Phi) is 8.86. The number of aromatic nitrogens is 2. The van der Waals surface area contributed by atoms with E-state index in [0.29, 0.717) is 19.1 Å². The van der Waals surface area contributed by atoms with Crippen molar-refractivity contribution in [3.05, 3.63) is 83.2 Å². The zero-order valence-corrected chi connectivity index (χ0v) is 21.2. The van der Waals surface area contributed by atoms with Gasteiger partial charge in [0, 0.05) is 56.6 Å². The van der Waals surface area contributed by atoms with E-state index in [1.165, 1.54) is 16.7 Å². The van der Waals surface area contributed by atoms with Gasteiger partial charge in [-0.15, -0.1) is 0 Å². The molecule has 1 saturated heterocycles. The topological polar surface area (TPSA) is 88.6 Å². The van der Waals surface area contributed by atoms with Crippen LogP contribution in [0.15, 0.2) is 60.9 Å². The molecule has 0 bridgehead atoms. The fourth-order valence-electron chi connectivity index (χ4n) is 4.63. The van der Waals surface area contributed by atoms with Crippen molar-refractivity contribution in [1.82, 2.24) is 25.5 Å². The van der Waals surface area contributed by atoms with E-state index in [1.54, 1.807) is 26.6 Å². The first-order chi connectivity index (χ1) is 17.6. The molecule has 190 valence electrons. The van der Waals surface area contributed by atoms with Crippen LogP contribution in [0.25, 0.3) is 0 Å². The molecule has 0 aliphatic carbocycles. The number of carbonyl (C=O) groups is 1. The van der Waals surface area contributed by atoms with Gasteiger partial charge in [-0.2, -0.15) is 0 Å². The molecule has 1 aromatic heterocycles. The lowest BCUT2D eigenvalue weighted by atomic mass is 9.88. The minimum absolute atomic E-state index is 0.0510. The lowest BCUT2D eigenvalue weighted by molar-refractivity contribution is -0.124. The Hall–Kier alpha value is -3.49. The summed E-state index contributed by atoms with van der Waals surface area (Å²) in [5.41, 5.74) is 4.59. The van der Waals surface area contributed by atoms with Crippen LogP contribution < -0.4 is 20.1 Å². The smallest absolute Gasteiger partial charge is 0.316 e. The van der Waals surface area contributed by atoms with Gasteiger partial charge in [0.15, 0.2) is 0 Å². The summed E-state index contributed by atoms with van der Waals surface area (Å²) in [7, 11) is 5.30. The molecule has 8 heteroatoms. The Morgan fingerprint density at radius 2 is 1.58 bits per heavy atom. The summed E-state index contributed by atoms with van der Waals surface area (Å²) in [4.78, 5) is 23.6. The number of amides is 1. The molecular weight excluding hydrogens is 454 g/mol. The highest BCUT2D eigenvalue weighted by molar-refractivity contribution is 5.80. The molecule has 0 saturated carbocycles. The number of ether oxygens (including phenoxy) is 2. The monoisotopic (exact) mass is 489 g/mol. The summed E-state index contributed by atoms with van der Waals surface area (Å²) >= 11 is 0. The average Bonchev–Trinajstić information content (AvgIpc) is 3.31. The molecule has 8 nitrogen and oxygen atoms in total. The second-order valence-corrected chi connectivity index (χ2v) is 9.25.